The Hall–Kier alpha value is -1.11. The van der Waals surface area contributed by atoms with Gasteiger partial charge in [0.05, 0.1) is 13.2 Å². The van der Waals surface area contributed by atoms with E-state index in [4.69, 9.17) is 4.74 Å². The average Bonchev–Trinajstić information content (AvgIpc) is 2.58. The van der Waals surface area contributed by atoms with Crippen molar-refractivity contribution in [3.8, 4) is 0 Å². The van der Waals surface area contributed by atoms with Crippen LogP contribution in [0.15, 0.2) is 33.7 Å². The summed E-state index contributed by atoms with van der Waals surface area (Å²) in [4.78, 5) is 6.69. The molecule has 0 unspecified atom stereocenters. The number of guanidine groups is 1. The van der Waals surface area contributed by atoms with Gasteiger partial charge < -0.3 is 15.4 Å². The fraction of sp³-hybridized carbons (Fsp3) is 0.588. The van der Waals surface area contributed by atoms with Crippen molar-refractivity contribution in [1.82, 2.24) is 15.5 Å². The van der Waals surface area contributed by atoms with Gasteiger partial charge in [0.25, 0.3) is 0 Å². The minimum atomic E-state index is 0.850. The summed E-state index contributed by atoms with van der Waals surface area (Å²) in [6, 6.07) is 8.48. The zero-order valence-corrected chi connectivity index (χ0v) is 15.4. The predicted molar refractivity (Wildman–Crippen MR) is 99.1 cm³/mol. The molecule has 1 aliphatic heterocycles. The first-order valence-corrected chi connectivity index (χ1v) is 9.06. The topological polar surface area (TPSA) is 48.9 Å². The standard InChI is InChI=1S/C17H27BrN4O/c1-19-17(21-8-9-22-10-12-23-13-11-22)20-7-3-5-15-4-2-6-16(18)14-15/h2,4,6,14H,3,5,7-13H2,1H3,(H2,19,20,21). The Morgan fingerprint density at radius 1 is 1.26 bits per heavy atom. The Kier molecular flexibility index (Phi) is 8.42. The fourth-order valence-corrected chi connectivity index (χ4v) is 3.02. The lowest BCUT2D eigenvalue weighted by atomic mass is 10.1. The van der Waals surface area contributed by atoms with Crippen LogP contribution in [-0.2, 0) is 11.2 Å². The van der Waals surface area contributed by atoms with E-state index in [0.29, 0.717) is 0 Å². The lowest BCUT2D eigenvalue weighted by Gasteiger charge is -2.26. The molecule has 1 fully saturated rings. The van der Waals surface area contributed by atoms with Crippen LogP contribution >= 0.6 is 15.9 Å². The summed E-state index contributed by atoms with van der Waals surface area (Å²) in [6.07, 6.45) is 2.15. The zero-order valence-electron chi connectivity index (χ0n) is 13.9. The van der Waals surface area contributed by atoms with Crippen LogP contribution in [0.4, 0.5) is 0 Å². The van der Waals surface area contributed by atoms with Gasteiger partial charge in [0.2, 0.25) is 0 Å². The van der Waals surface area contributed by atoms with Crippen LogP contribution in [0, 0.1) is 0 Å². The van der Waals surface area contributed by atoms with Crippen molar-refractivity contribution in [2.24, 2.45) is 4.99 Å². The molecule has 5 nitrogen and oxygen atoms in total. The molecule has 0 bridgehead atoms. The fourth-order valence-electron chi connectivity index (χ4n) is 2.57. The first-order valence-electron chi connectivity index (χ1n) is 8.27. The predicted octanol–water partition coefficient (Wildman–Crippen LogP) is 1.88. The minimum absolute atomic E-state index is 0.850. The van der Waals surface area contributed by atoms with Crippen molar-refractivity contribution in [3.05, 3.63) is 34.3 Å². The molecule has 2 rings (SSSR count). The van der Waals surface area contributed by atoms with E-state index in [-0.39, 0.29) is 0 Å². The molecule has 1 saturated heterocycles. The average molecular weight is 383 g/mol. The van der Waals surface area contributed by atoms with Crippen LogP contribution in [0.1, 0.15) is 12.0 Å². The normalized spacial score (nSPS) is 16.3. The van der Waals surface area contributed by atoms with Crippen LogP contribution in [0.3, 0.4) is 0 Å². The lowest BCUT2D eigenvalue weighted by Crippen LogP contribution is -2.44. The van der Waals surface area contributed by atoms with Crippen LogP contribution in [0.2, 0.25) is 0 Å². The van der Waals surface area contributed by atoms with Crippen molar-refractivity contribution in [2.75, 3.05) is 53.0 Å². The Morgan fingerprint density at radius 2 is 2.04 bits per heavy atom. The molecule has 0 aromatic heterocycles. The molecular formula is C17H27BrN4O. The molecule has 0 radical (unpaired) electrons. The summed E-state index contributed by atoms with van der Waals surface area (Å²) in [7, 11) is 1.82. The lowest BCUT2D eigenvalue weighted by molar-refractivity contribution is 0.0389. The molecule has 1 aromatic carbocycles. The summed E-state index contributed by atoms with van der Waals surface area (Å²) in [6.45, 7) is 6.61. The molecule has 1 aliphatic rings. The number of morpholine rings is 1. The van der Waals surface area contributed by atoms with E-state index in [1.807, 2.05) is 7.05 Å². The van der Waals surface area contributed by atoms with Crippen LogP contribution < -0.4 is 10.6 Å². The third-order valence-electron chi connectivity index (χ3n) is 3.87. The molecule has 0 saturated carbocycles. The van der Waals surface area contributed by atoms with Gasteiger partial charge in [-0.25, -0.2) is 0 Å². The third-order valence-corrected chi connectivity index (χ3v) is 4.36. The van der Waals surface area contributed by atoms with Crippen LogP contribution in [0.25, 0.3) is 0 Å². The van der Waals surface area contributed by atoms with Gasteiger partial charge in [0.15, 0.2) is 5.96 Å². The van der Waals surface area contributed by atoms with E-state index in [2.05, 4.69) is 60.7 Å². The number of hydrogen-bond acceptors (Lipinski definition) is 3. The highest BCUT2D eigenvalue weighted by atomic mass is 79.9. The molecule has 128 valence electrons. The van der Waals surface area contributed by atoms with Gasteiger partial charge in [-0.15, -0.1) is 0 Å². The van der Waals surface area contributed by atoms with E-state index in [1.54, 1.807) is 0 Å². The number of aryl methyl sites for hydroxylation is 1. The second-order valence-corrected chi connectivity index (χ2v) is 6.53. The van der Waals surface area contributed by atoms with Crippen molar-refractivity contribution >= 4 is 21.9 Å². The summed E-state index contributed by atoms with van der Waals surface area (Å²) < 4.78 is 6.50. The number of benzene rings is 1. The van der Waals surface area contributed by atoms with E-state index < -0.39 is 0 Å². The second kappa shape index (κ2) is 10.6. The quantitative estimate of drug-likeness (QED) is 0.429. The Balaban J connectivity index is 1.57. The van der Waals surface area contributed by atoms with Gasteiger partial charge in [-0.1, -0.05) is 28.1 Å². The highest BCUT2D eigenvalue weighted by Gasteiger charge is 2.09. The molecule has 1 heterocycles. The number of rotatable bonds is 7. The van der Waals surface area contributed by atoms with Crippen molar-refractivity contribution in [1.29, 1.82) is 0 Å². The smallest absolute Gasteiger partial charge is 0.191 e. The van der Waals surface area contributed by atoms with Gasteiger partial charge in [-0.2, -0.15) is 0 Å². The summed E-state index contributed by atoms with van der Waals surface area (Å²) >= 11 is 3.51. The first kappa shape index (κ1) is 18.2. The van der Waals surface area contributed by atoms with Gasteiger partial charge in [-0.3, -0.25) is 9.89 Å². The van der Waals surface area contributed by atoms with Gasteiger partial charge in [0, 0.05) is 44.2 Å². The van der Waals surface area contributed by atoms with E-state index in [9.17, 15) is 0 Å². The summed E-state index contributed by atoms with van der Waals surface area (Å²) in [5, 5.41) is 6.75. The van der Waals surface area contributed by atoms with Crippen molar-refractivity contribution < 1.29 is 4.74 Å². The number of ether oxygens (including phenoxy) is 1. The third kappa shape index (κ3) is 7.33. The molecule has 23 heavy (non-hydrogen) atoms. The first-order chi connectivity index (χ1) is 11.3. The molecule has 0 spiro atoms. The number of nitrogens with zero attached hydrogens (tertiary/aromatic N) is 2. The maximum absolute atomic E-state index is 5.36. The summed E-state index contributed by atoms with van der Waals surface area (Å²) in [5.74, 6) is 0.882. The maximum atomic E-state index is 5.36. The van der Waals surface area contributed by atoms with Crippen LogP contribution in [0.5, 0.6) is 0 Å². The molecule has 1 aromatic rings. The van der Waals surface area contributed by atoms with E-state index in [1.165, 1.54) is 5.56 Å². The van der Waals surface area contributed by atoms with E-state index in [0.717, 1.165) is 69.2 Å². The van der Waals surface area contributed by atoms with Crippen LogP contribution in [-0.4, -0.2) is 63.8 Å². The number of halogens is 1. The Morgan fingerprint density at radius 3 is 2.78 bits per heavy atom. The second-order valence-electron chi connectivity index (χ2n) is 5.61. The Bertz CT molecular complexity index is 489. The maximum Gasteiger partial charge on any atom is 0.191 e. The Labute approximate surface area is 147 Å². The van der Waals surface area contributed by atoms with Gasteiger partial charge >= 0.3 is 0 Å². The molecular weight excluding hydrogens is 356 g/mol. The zero-order chi connectivity index (χ0) is 16.3. The largest absolute Gasteiger partial charge is 0.379 e. The highest BCUT2D eigenvalue weighted by Crippen LogP contribution is 2.12. The molecule has 2 N–H and O–H groups in total. The van der Waals surface area contributed by atoms with E-state index >= 15 is 0 Å². The number of nitrogens with one attached hydrogen (secondary N) is 2. The SMILES string of the molecule is CN=C(NCCCc1cccc(Br)c1)NCCN1CCOCC1. The molecule has 0 aliphatic carbocycles. The van der Waals surface area contributed by atoms with Gasteiger partial charge in [0.1, 0.15) is 0 Å². The minimum Gasteiger partial charge on any atom is -0.379 e. The monoisotopic (exact) mass is 382 g/mol. The summed E-state index contributed by atoms with van der Waals surface area (Å²) in [5.41, 5.74) is 1.36. The van der Waals surface area contributed by atoms with Gasteiger partial charge in [-0.05, 0) is 30.5 Å². The van der Waals surface area contributed by atoms with Crippen molar-refractivity contribution in [3.63, 3.8) is 0 Å². The molecule has 0 amide bonds. The number of aliphatic imine (C=N–C) groups is 1. The highest BCUT2D eigenvalue weighted by molar-refractivity contribution is 9.10. The number of hydrogen-bond donors (Lipinski definition) is 2. The van der Waals surface area contributed by atoms with Crippen molar-refractivity contribution in [2.45, 2.75) is 12.8 Å². The molecule has 0 atom stereocenters. The molecule has 6 heteroatoms.